The monoisotopic (exact) mass is 197 g/mol. The maximum absolute atomic E-state index is 11.6. The Balaban J connectivity index is 2.29. The minimum Gasteiger partial charge on any atom is -0.342 e. The largest absolute Gasteiger partial charge is 0.342 e. The third kappa shape index (κ3) is 3.13. The summed E-state index contributed by atoms with van der Waals surface area (Å²) in [7, 11) is 0. The molecule has 1 rings (SSSR count). The Labute approximate surface area is 85.5 Å². The lowest BCUT2D eigenvalue weighted by atomic mass is 9.99. The topological polar surface area (TPSA) is 37.4 Å². The Kier molecular flexibility index (Phi) is 4.11. The van der Waals surface area contributed by atoms with E-state index in [1.165, 1.54) is 0 Å². The van der Waals surface area contributed by atoms with Gasteiger partial charge in [0.2, 0.25) is 5.91 Å². The number of nitrogens with zero attached hydrogens (tertiary/aromatic N) is 1. The molecule has 0 spiro atoms. The molecule has 0 aromatic carbocycles. The Morgan fingerprint density at radius 2 is 2.29 bits per heavy atom. The van der Waals surface area contributed by atoms with Gasteiger partial charge >= 0.3 is 0 Å². The highest BCUT2D eigenvalue weighted by Crippen LogP contribution is 2.17. The molecular weight excluding hydrogens is 178 g/mol. The van der Waals surface area contributed by atoms with Crippen molar-refractivity contribution in [3.8, 4) is 0 Å². The van der Waals surface area contributed by atoms with E-state index in [4.69, 9.17) is 0 Å². The highest BCUT2D eigenvalue weighted by molar-refractivity contribution is 5.79. The first-order valence-electron chi connectivity index (χ1n) is 5.39. The maximum atomic E-state index is 11.6. The van der Waals surface area contributed by atoms with Crippen LogP contribution >= 0.6 is 0 Å². The first kappa shape index (κ1) is 11.2. The van der Waals surface area contributed by atoms with Gasteiger partial charge in [-0.05, 0) is 26.2 Å². The minimum absolute atomic E-state index is 0.182. The number of hydrogen-bond donors (Lipinski definition) is 0. The summed E-state index contributed by atoms with van der Waals surface area (Å²) < 4.78 is 0. The fourth-order valence-electron chi connectivity index (χ4n) is 1.87. The van der Waals surface area contributed by atoms with Gasteiger partial charge in [0, 0.05) is 25.4 Å². The number of amides is 1. The second kappa shape index (κ2) is 5.13. The standard InChI is InChI=1S/C11H19NO2/c1-9-5-3-7-12(11(9)14)8-4-6-10(2)13/h9H,3-8H2,1-2H3. The van der Waals surface area contributed by atoms with Crippen molar-refractivity contribution in [2.45, 2.75) is 39.5 Å². The molecule has 0 aliphatic carbocycles. The molecule has 0 bridgehead atoms. The lowest BCUT2D eigenvalue weighted by Gasteiger charge is -2.30. The van der Waals surface area contributed by atoms with Gasteiger partial charge < -0.3 is 9.69 Å². The summed E-state index contributed by atoms with van der Waals surface area (Å²) in [6, 6.07) is 0. The molecule has 1 atom stereocenters. The van der Waals surface area contributed by atoms with E-state index in [-0.39, 0.29) is 17.6 Å². The van der Waals surface area contributed by atoms with Crippen molar-refractivity contribution >= 4 is 11.7 Å². The predicted molar refractivity (Wildman–Crippen MR) is 54.9 cm³/mol. The molecule has 3 nitrogen and oxygen atoms in total. The van der Waals surface area contributed by atoms with Gasteiger partial charge in [0.05, 0.1) is 0 Å². The Bertz CT molecular complexity index is 225. The lowest BCUT2D eigenvalue weighted by Crippen LogP contribution is -2.40. The number of Topliss-reactive ketones (excluding diaryl/α,β-unsaturated/α-hetero) is 1. The van der Waals surface area contributed by atoms with E-state index in [0.29, 0.717) is 6.42 Å². The number of likely N-dealkylation sites (tertiary alicyclic amines) is 1. The van der Waals surface area contributed by atoms with Crippen molar-refractivity contribution in [2.75, 3.05) is 13.1 Å². The van der Waals surface area contributed by atoms with Crippen molar-refractivity contribution in [1.29, 1.82) is 0 Å². The minimum atomic E-state index is 0.182. The average Bonchev–Trinajstić information content (AvgIpc) is 2.12. The van der Waals surface area contributed by atoms with Gasteiger partial charge in [-0.2, -0.15) is 0 Å². The lowest BCUT2D eigenvalue weighted by molar-refractivity contribution is -0.138. The van der Waals surface area contributed by atoms with Crippen LogP contribution in [0, 0.1) is 5.92 Å². The fourth-order valence-corrected chi connectivity index (χ4v) is 1.87. The van der Waals surface area contributed by atoms with E-state index in [1.54, 1.807) is 6.92 Å². The van der Waals surface area contributed by atoms with Gasteiger partial charge in [-0.15, -0.1) is 0 Å². The molecule has 0 radical (unpaired) electrons. The summed E-state index contributed by atoms with van der Waals surface area (Å²) in [6.45, 7) is 5.21. The van der Waals surface area contributed by atoms with Gasteiger partial charge in [-0.3, -0.25) is 4.79 Å². The molecule has 0 aromatic rings. The highest BCUT2D eigenvalue weighted by Gasteiger charge is 2.24. The first-order chi connectivity index (χ1) is 6.61. The van der Waals surface area contributed by atoms with Crippen LogP contribution in [0.3, 0.4) is 0 Å². The molecule has 1 saturated heterocycles. The molecule has 0 saturated carbocycles. The zero-order chi connectivity index (χ0) is 10.6. The zero-order valence-corrected chi connectivity index (χ0v) is 9.08. The van der Waals surface area contributed by atoms with Crippen LogP contribution in [0.1, 0.15) is 39.5 Å². The molecule has 0 N–H and O–H groups in total. The summed E-state index contributed by atoms with van der Waals surface area (Å²) in [5.41, 5.74) is 0. The van der Waals surface area contributed by atoms with E-state index >= 15 is 0 Å². The number of piperidine rings is 1. The fraction of sp³-hybridized carbons (Fsp3) is 0.818. The van der Waals surface area contributed by atoms with Crippen LogP contribution in [0.4, 0.5) is 0 Å². The SMILES string of the molecule is CC(=O)CCCN1CCCC(C)C1=O. The molecule has 1 fully saturated rings. The van der Waals surface area contributed by atoms with Crippen LogP contribution in [0.25, 0.3) is 0 Å². The zero-order valence-electron chi connectivity index (χ0n) is 9.08. The number of carbonyl (C=O) groups is 2. The molecule has 1 aliphatic rings. The van der Waals surface area contributed by atoms with Crippen LogP contribution in [0.15, 0.2) is 0 Å². The Hall–Kier alpha value is -0.860. The van der Waals surface area contributed by atoms with Gasteiger partial charge in [-0.1, -0.05) is 6.92 Å². The van der Waals surface area contributed by atoms with Crippen LogP contribution in [-0.4, -0.2) is 29.7 Å². The molecule has 1 heterocycles. The van der Waals surface area contributed by atoms with Gasteiger partial charge in [-0.25, -0.2) is 0 Å². The highest BCUT2D eigenvalue weighted by atomic mass is 16.2. The van der Waals surface area contributed by atoms with Crippen molar-refractivity contribution in [1.82, 2.24) is 4.90 Å². The molecule has 1 aliphatic heterocycles. The van der Waals surface area contributed by atoms with Gasteiger partial charge in [0.25, 0.3) is 0 Å². The summed E-state index contributed by atoms with van der Waals surface area (Å²) >= 11 is 0. The quantitative estimate of drug-likeness (QED) is 0.686. The molecule has 1 amide bonds. The van der Waals surface area contributed by atoms with E-state index in [2.05, 4.69) is 0 Å². The van der Waals surface area contributed by atoms with E-state index in [0.717, 1.165) is 32.4 Å². The van der Waals surface area contributed by atoms with Crippen molar-refractivity contribution < 1.29 is 9.59 Å². The molecule has 14 heavy (non-hydrogen) atoms. The summed E-state index contributed by atoms with van der Waals surface area (Å²) in [5.74, 6) is 0.656. The van der Waals surface area contributed by atoms with E-state index in [1.807, 2.05) is 11.8 Å². The van der Waals surface area contributed by atoms with E-state index < -0.39 is 0 Å². The first-order valence-corrected chi connectivity index (χ1v) is 5.39. The number of ketones is 1. The second-order valence-corrected chi connectivity index (χ2v) is 4.17. The van der Waals surface area contributed by atoms with Crippen LogP contribution in [-0.2, 0) is 9.59 Å². The van der Waals surface area contributed by atoms with Crippen molar-refractivity contribution in [3.05, 3.63) is 0 Å². The Morgan fingerprint density at radius 1 is 1.57 bits per heavy atom. The molecule has 3 heteroatoms. The van der Waals surface area contributed by atoms with E-state index in [9.17, 15) is 9.59 Å². The number of rotatable bonds is 4. The number of hydrogen-bond acceptors (Lipinski definition) is 2. The predicted octanol–water partition coefficient (Wildman–Crippen LogP) is 1.61. The molecule has 80 valence electrons. The number of carbonyl (C=O) groups excluding carboxylic acids is 2. The molecule has 0 aromatic heterocycles. The van der Waals surface area contributed by atoms with Crippen molar-refractivity contribution in [2.24, 2.45) is 5.92 Å². The normalized spacial score (nSPS) is 22.6. The summed E-state index contributed by atoms with van der Waals surface area (Å²) in [6.07, 6.45) is 3.53. The second-order valence-electron chi connectivity index (χ2n) is 4.17. The average molecular weight is 197 g/mol. The van der Waals surface area contributed by atoms with Crippen LogP contribution < -0.4 is 0 Å². The van der Waals surface area contributed by atoms with Crippen LogP contribution in [0.2, 0.25) is 0 Å². The van der Waals surface area contributed by atoms with Gasteiger partial charge in [0.15, 0.2) is 0 Å². The molecular formula is C11H19NO2. The smallest absolute Gasteiger partial charge is 0.225 e. The van der Waals surface area contributed by atoms with Crippen LogP contribution in [0.5, 0.6) is 0 Å². The molecule has 1 unspecified atom stereocenters. The van der Waals surface area contributed by atoms with Crippen molar-refractivity contribution in [3.63, 3.8) is 0 Å². The third-order valence-corrected chi connectivity index (χ3v) is 2.76. The summed E-state index contributed by atoms with van der Waals surface area (Å²) in [5, 5.41) is 0. The maximum Gasteiger partial charge on any atom is 0.225 e. The summed E-state index contributed by atoms with van der Waals surface area (Å²) in [4.78, 5) is 24.3. The third-order valence-electron chi connectivity index (χ3n) is 2.76. The Morgan fingerprint density at radius 3 is 2.93 bits per heavy atom. The van der Waals surface area contributed by atoms with Gasteiger partial charge in [0.1, 0.15) is 5.78 Å².